The molecule has 0 bridgehead atoms. The minimum absolute atomic E-state index is 0.0513. The highest BCUT2D eigenvalue weighted by atomic mass is 32.2. The maximum Gasteiger partial charge on any atom is 0.261 e. The van der Waals surface area contributed by atoms with Crippen molar-refractivity contribution in [2.24, 2.45) is 0 Å². The van der Waals surface area contributed by atoms with Gasteiger partial charge in [-0.15, -0.1) is 0 Å². The summed E-state index contributed by atoms with van der Waals surface area (Å²) in [4.78, 5) is 12.3. The van der Waals surface area contributed by atoms with E-state index in [4.69, 9.17) is 5.21 Å². The van der Waals surface area contributed by atoms with Crippen LogP contribution in [0.3, 0.4) is 0 Å². The summed E-state index contributed by atoms with van der Waals surface area (Å²) in [7, 11) is -3.99. The average Bonchev–Trinajstić information content (AvgIpc) is 2.77. The van der Waals surface area contributed by atoms with Crippen molar-refractivity contribution in [3.05, 3.63) is 90.5 Å². The molecular formula is C23H20N2O4S. The minimum atomic E-state index is -3.99. The number of carbonyl (C=O) groups is 1. The highest BCUT2D eigenvalue weighted by Crippen LogP contribution is 2.20. The number of fused-ring (bicyclic) bond motifs is 2. The smallest absolute Gasteiger partial charge is 0.261 e. The zero-order valence-corrected chi connectivity index (χ0v) is 16.8. The van der Waals surface area contributed by atoms with E-state index in [2.05, 4.69) is 4.72 Å². The fourth-order valence-corrected chi connectivity index (χ4v) is 4.69. The molecule has 0 aliphatic rings. The number of carbonyl (C=O) groups excluding carboxylic acids is 1. The lowest BCUT2D eigenvalue weighted by molar-refractivity contribution is -0.130. The van der Waals surface area contributed by atoms with Gasteiger partial charge in [0.25, 0.3) is 5.91 Å². The van der Waals surface area contributed by atoms with Gasteiger partial charge < -0.3 is 0 Å². The van der Waals surface area contributed by atoms with E-state index in [-0.39, 0.29) is 11.3 Å². The molecule has 1 atom stereocenters. The monoisotopic (exact) mass is 420 g/mol. The number of hydrogen-bond acceptors (Lipinski definition) is 4. The number of benzene rings is 4. The molecule has 0 fully saturated rings. The third-order valence-corrected chi connectivity index (χ3v) is 6.48. The molecule has 4 rings (SSSR count). The Morgan fingerprint density at radius 3 is 2.00 bits per heavy atom. The lowest BCUT2D eigenvalue weighted by Crippen LogP contribution is -2.47. The topological polar surface area (TPSA) is 95.5 Å². The summed E-state index contributed by atoms with van der Waals surface area (Å²) in [5.41, 5.74) is 2.33. The highest BCUT2D eigenvalue weighted by Gasteiger charge is 2.26. The predicted molar refractivity (Wildman–Crippen MR) is 116 cm³/mol. The Bertz CT molecular complexity index is 1340. The minimum Gasteiger partial charge on any atom is -0.289 e. The summed E-state index contributed by atoms with van der Waals surface area (Å²) in [5.74, 6) is -0.826. The van der Waals surface area contributed by atoms with Crippen LogP contribution in [0, 0.1) is 0 Å². The van der Waals surface area contributed by atoms with Crippen molar-refractivity contribution in [2.75, 3.05) is 0 Å². The van der Waals surface area contributed by atoms with Crippen molar-refractivity contribution < 1.29 is 18.4 Å². The summed E-state index contributed by atoms with van der Waals surface area (Å²) in [6, 6.07) is 24.4. The van der Waals surface area contributed by atoms with Gasteiger partial charge in [-0.1, -0.05) is 72.8 Å². The van der Waals surface area contributed by atoms with Gasteiger partial charge in [0.15, 0.2) is 0 Å². The van der Waals surface area contributed by atoms with Crippen LogP contribution in [0.4, 0.5) is 0 Å². The van der Waals surface area contributed by atoms with Crippen LogP contribution >= 0.6 is 0 Å². The van der Waals surface area contributed by atoms with E-state index in [1.54, 1.807) is 17.6 Å². The second-order valence-electron chi connectivity index (χ2n) is 7.04. The van der Waals surface area contributed by atoms with Crippen LogP contribution in [-0.4, -0.2) is 25.6 Å². The first-order valence-electron chi connectivity index (χ1n) is 9.39. The lowest BCUT2D eigenvalue weighted by Gasteiger charge is -2.17. The summed E-state index contributed by atoms with van der Waals surface area (Å²) in [6.45, 7) is 0. The van der Waals surface area contributed by atoms with Crippen molar-refractivity contribution in [3.8, 4) is 0 Å². The molecule has 30 heavy (non-hydrogen) atoms. The Morgan fingerprint density at radius 2 is 1.37 bits per heavy atom. The van der Waals surface area contributed by atoms with Crippen molar-refractivity contribution in [1.29, 1.82) is 0 Å². The number of amides is 1. The quantitative estimate of drug-likeness (QED) is 0.329. The number of nitrogens with one attached hydrogen (secondary N) is 2. The number of hydroxylamine groups is 1. The molecule has 0 saturated heterocycles. The Morgan fingerprint density at radius 1 is 0.800 bits per heavy atom. The molecule has 3 N–H and O–H groups in total. The van der Waals surface area contributed by atoms with Crippen molar-refractivity contribution >= 4 is 37.5 Å². The maximum absolute atomic E-state index is 12.9. The number of sulfonamides is 1. The van der Waals surface area contributed by atoms with Gasteiger partial charge >= 0.3 is 0 Å². The van der Waals surface area contributed by atoms with Crippen LogP contribution in [0.15, 0.2) is 89.8 Å². The summed E-state index contributed by atoms with van der Waals surface area (Å²) < 4.78 is 28.3. The lowest BCUT2D eigenvalue weighted by atomic mass is 10.0. The van der Waals surface area contributed by atoms with Crippen molar-refractivity contribution in [3.63, 3.8) is 0 Å². The summed E-state index contributed by atoms with van der Waals surface area (Å²) >= 11 is 0. The van der Waals surface area contributed by atoms with E-state index in [0.717, 1.165) is 27.1 Å². The molecule has 4 aromatic carbocycles. The molecule has 0 radical (unpaired) electrons. The second-order valence-corrected chi connectivity index (χ2v) is 8.76. The second kappa shape index (κ2) is 8.23. The van der Waals surface area contributed by atoms with Crippen LogP contribution in [0.5, 0.6) is 0 Å². The predicted octanol–water partition coefficient (Wildman–Crippen LogP) is 3.39. The van der Waals surface area contributed by atoms with Crippen LogP contribution in [0.25, 0.3) is 21.5 Å². The molecule has 152 valence electrons. The van der Waals surface area contributed by atoms with Crippen molar-refractivity contribution in [2.45, 2.75) is 17.4 Å². The molecule has 0 aliphatic heterocycles. The normalized spacial score (nSPS) is 12.7. The Balaban J connectivity index is 1.63. The van der Waals surface area contributed by atoms with Crippen LogP contribution in [0.1, 0.15) is 5.56 Å². The van der Waals surface area contributed by atoms with Gasteiger partial charge in [0.1, 0.15) is 6.04 Å². The van der Waals surface area contributed by atoms with Crippen LogP contribution in [0.2, 0.25) is 0 Å². The van der Waals surface area contributed by atoms with E-state index in [1.807, 2.05) is 66.7 Å². The van der Waals surface area contributed by atoms with Gasteiger partial charge in [0, 0.05) is 0 Å². The first-order chi connectivity index (χ1) is 14.5. The first-order valence-corrected chi connectivity index (χ1v) is 10.9. The van der Waals surface area contributed by atoms with E-state index in [9.17, 15) is 13.2 Å². The molecule has 1 amide bonds. The fourth-order valence-electron chi connectivity index (χ4n) is 3.46. The van der Waals surface area contributed by atoms with Crippen molar-refractivity contribution in [1.82, 2.24) is 10.2 Å². The fraction of sp³-hybridized carbons (Fsp3) is 0.0870. The van der Waals surface area contributed by atoms with Gasteiger partial charge in [0.05, 0.1) is 4.90 Å². The standard InChI is InChI=1S/C23H20N2O4S/c26-23(24-27)22(14-16-9-10-17-5-1-3-7-19(17)13-16)25-30(28,29)21-12-11-18-6-2-4-8-20(18)15-21/h1-13,15,22,25,27H,14H2,(H,24,26)/t22-/m0/s1. The molecule has 0 saturated carbocycles. The summed E-state index contributed by atoms with van der Waals surface area (Å²) in [6.07, 6.45) is 0.0873. The SMILES string of the molecule is O=C(NO)[C@H](Cc1ccc2ccccc2c1)NS(=O)(=O)c1ccc2ccccc2c1. The maximum atomic E-state index is 12.9. The Labute approximate surface area is 174 Å². The van der Waals surface area contributed by atoms with E-state index in [1.165, 1.54) is 6.07 Å². The van der Waals surface area contributed by atoms with E-state index in [0.29, 0.717) is 0 Å². The zero-order valence-electron chi connectivity index (χ0n) is 15.9. The summed E-state index contributed by atoms with van der Waals surface area (Å²) in [5, 5.41) is 12.8. The average molecular weight is 420 g/mol. The number of rotatable bonds is 6. The molecule has 0 heterocycles. The number of hydrogen-bond donors (Lipinski definition) is 3. The largest absolute Gasteiger partial charge is 0.289 e. The van der Waals surface area contributed by atoms with E-state index >= 15 is 0 Å². The van der Waals surface area contributed by atoms with Gasteiger partial charge in [-0.3, -0.25) is 10.0 Å². The third-order valence-electron chi connectivity index (χ3n) is 5.01. The Hall–Kier alpha value is -3.26. The van der Waals surface area contributed by atoms with Gasteiger partial charge in [-0.25, -0.2) is 13.9 Å². The third kappa shape index (κ3) is 4.18. The molecule has 0 spiro atoms. The van der Waals surface area contributed by atoms with Gasteiger partial charge in [0.2, 0.25) is 10.0 Å². The molecule has 0 aromatic heterocycles. The molecule has 0 aliphatic carbocycles. The zero-order chi connectivity index (χ0) is 21.1. The van der Waals surface area contributed by atoms with Crippen LogP contribution < -0.4 is 10.2 Å². The first kappa shape index (κ1) is 20.0. The molecular weight excluding hydrogens is 400 g/mol. The molecule has 6 nitrogen and oxygen atoms in total. The molecule has 4 aromatic rings. The van der Waals surface area contributed by atoms with Gasteiger partial charge in [-0.05, 0) is 45.7 Å². The van der Waals surface area contributed by atoms with Gasteiger partial charge in [-0.2, -0.15) is 4.72 Å². The highest BCUT2D eigenvalue weighted by molar-refractivity contribution is 7.89. The Kier molecular flexibility index (Phi) is 5.50. The molecule has 7 heteroatoms. The molecule has 0 unspecified atom stereocenters. The van der Waals surface area contributed by atoms with Crippen LogP contribution in [-0.2, 0) is 21.2 Å². The van der Waals surface area contributed by atoms with E-state index < -0.39 is 22.0 Å².